The number of halogens is 3. The molecule has 0 heterocycles. The second-order valence-electron chi connectivity index (χ2n) is 9.02. The quantitative estimate of drug-likeness (QED) is 0.358. The molecule has 0 aromatic heterocycles. The summed E-state index contributed by atoms with van der Waals surface area (Å²) in [5, 5.41) is 0. The summed E-state index contributed by atoms with van der Waals surface area (Å²) in [4.78, 5) is 26.5. The minimum Gasteiger partial charge on any atom is -0.496 e. The zero-order valence-electron chi connectivity index (χ0n) is 20.9. The average molecular weight is 512 g/mol. The van der Waals surface area contributed by atoms with E-state index in [1.54, 1.807) is 17.0 Å². The zero-order chi connectivity index (χ0) is 26.7. The summed E-state index contributed by atoms with van der Waals surface area (Å²) in [6.45, 7) is 1.79. The van der Waals surface area contributed by atoms with Gasteiger partial charge in [0.25, 0.3) is 0 Å². The van der Waals surface area contributed by atoms with Gasteiger partial charge in [-0.25, -0.2) is 0 Å². The van der Waals surface area contributed by atoms with Gasteiger partial charge >= 0.3 is 12.1 Å². The number of nitrogens with zero attached hydrogens (tertiary/aromatic N) is 1. The van der Waals surface area contributed by atoms with Gasteiger partial charge in [0.15, 0.2) is 0 Å². The van der Waals surface area contributed by atoms with Gasteiger partial charge in [-0.15, -0.1) is 0 Å². The summed E-state index contributed by atoms with van der Waals surface area (Å²) in [6, 6.07) is 17.4. The molecule has 0 fully saturated rings. The van der Waals surface area contributed by atoms with Crippen molar-refractivity contribution >= 4 is 11.9 Å². The molecule has 0 N–H and O–H groups in total. The van der Waals surface area contributed by atoms with Crippen molar-refractivity contribution in [1.29, 1.82) is 0 Å². The van der Waals surface area contributed by atoms with Crippen LogP contribution < -0.4 is 4.74 Å². The summed E-state index contributed by atoms with van der Waals surface area (Å²) >= 11 is 0. The first-order valence-electron chi connectivity index (χ1n) is 11.9. The van der Waals surface area contributed by atoms with Crippen molar-refractivity contribution in [3.63, 3.8) is 0 Å². The Hall–Kier alpha value is -3.81. The molecule has 5 nitrogen and oxygen atoms in total. The Morgan fingerprint density at radius 2 is 1.68 bits per heavy atom. The molecule has 1 unspecified atom stereocenters. The van der Waals surface area contributed by atoms with Crippen molar-refractivity contribution in [2.75, 3.05) is 14.2 Å². The molecule has 0 aliphatic heterocycles. The average Bonchev–Trinajstić information content (AvgIpc) is 3.30. The summed E-state index contributed by atoms with van der Waals surface area (Å²) in [5.41, 5.74) is 2.94. The number of methoxy groups -OCH3 is 2. The summed E-state index contributed by atoms with van der Waals surface area (Å²) < 4.78 is 51.5. The highest BCUT2D eigenvalue weighted by Crippen LogP contribution is 2.42. The number of carbonyl (C=O) groups is 2. The predicted molar refractivity (Wildman–Crippen MR) is 133 cm³/mol. The molecule has 3 aromatic rings. The number of carbonyl (C=O) groups excluding carboxylic acids is 2. The topological polar surface area (TPSA) is 55.8 Å². The molecule has 8 heteroatoms. The number of rotatable bonds is 7. The first kappa shape index (κ1) is 26.3. The minimum atomic E-state index is -4.68. The van der Waals surface area contributed by atoms with Crippen LogP contribution in [0.1, 0.15) is 47.2 Å². The van der Waals surface area contributed by atoms with Gasteiger partial charge < -0.3 is 14.4 Å². The number of alkyl halides is 3. The molecule has 0 radical (unpaired) electrons. The van der Waals surface area contributed by atoms with Gasteiger partial charge in [-0.1, -0.05) is 48.5 Å². The summed E-state index contributed by atoms with van der Waals surface area (Å²) in [6.07, 6.45) is -3.55. The fraction of sp³-hybridized carbons (Fsp3) is 0.310. The Kier molecular flexibility index (Phi) is 7.57. The fourth-order valence-electron chi connectivity index (χ4n) is 5.05. The lowest BCUT2D eigenvalue weighted by atomic mass is 9.92. The lowest BCUT2D eigenvalue weighted by molar-refractivity contribution is -0.141. The number of ether oxygens (including phenoxy) is 2. The monoisotopic (exact) mass is 511 g/mol. The van der Waals surface area contributed by atoms with Crippen LogP contribution in [0.25, 0.3) is 11.1 Å². The third kappa shape index (κ3) is 5.48. The van der Waals surface area contributed by atoms with E-state index in [2.05, 4.69) is 10.8 Å². The van der Waals surface area contributed by atoms with E-state index in [4.69, 9.17) is 4.74 Å². The number of hydrogen-bond acceptors (Lipinski definition) is 4. The van der Waals surface area contributed by atoms with Gasteiger partial charge in [0.1, 0.15) is 5.75 Å². The molecule has 1 aliphatic carbocycles. The number of amides is 1. The Bertz CT molecular complexity index is 1320. The second-order valence-corrected chi connectivity index (χ2v) is 9.02. The molecular weight excluding hydrogens is 483 g/mol. The molecule has 0 saturated heterocycles. The molecule has 0 bridgehead atoms. The maximum Gasteiger partial charge on any atom is 0.416 e. The molecule has 37 heavy (non-hydrogen) atoms. The number of esters is 1. The molecular formula is C29H28F3NO4. The van der Waals surface area contributed by atoms with Crippen LogP contribution in [-0.2, 0) is 39.9 Å². The summed E-state index contributed by atoms with van der Waals surface area (Å²) in [5.74, 6) is -0.853. The van der Waals surface area contributed by atoms with Crippen LogP contribution in [0.2, 0.25) is 0 Å². The van der Waals surface area contributed by atoms with Gasteiger partial charge in [-0.2, -0.15) is 13.2 Å². The van der Waals surface area contributed by atoms with Gasteiger partial charge in [0.05, 0.1) is 32.2 Å². The normalized spacial score (nSPS) is 14.7. The predicted octanol–water partition coefficient (Wildman–Crippen LogP) is 6.13. The highest BCUT2D eigenvalue weighted by atomic mass is 19.4. The van der Waals surface area contributed by atoms with Crippen LogP contribution in [0.5, 0.6) is 5.75 Å². The van der Waals surface area contributed by atoms with Crippen molar-refractivity contribution < 1.29 is 32.2 Å². The van der Waals surface area contributed by atoms with E-state index in [9.17, 15) is 22.8 Å². The summed E-state index contributed by atoms with van der Waals surface area (Å²) in [7, 11) is 2.44. The molecule has 4 rings (SSSR count). The van der Waals surface area contributed by atoms with E-state index in [0.717, 1.165) is 37.1 Å². The maximum atomic E-state index is 13.8. The standard InChI is InChI=1S/C29H28F3NO4/c1-18(34)33(26-13-12-19-8-4-7-11-23(19)26)17-20-9-5-6-10-22(20)24-14-21(15-28(35)37-3)25(29(30,31)32)16-27(24)36-2/h4-11,14,16,26H,12-13,15,17H2,1-3H3. The van der Waals surface area contributed by atoms with Crippen LogP contribution in [0.4, 0.5) is 13.2 Å². The highest BCUT2D eigenvalue weighted by Gasteiger charge is 2.36. The number of fused-ring (bicyclic) bond motifs is 1. The molecule has 3 aromatic carbocycles. The van der Waals surface area contributed by atoms with Crippen LogP contribution in [0.3, 0.4) is 0 Å². The van der Waals surface area contributed by atoms with Crippen molar-refractivity contribution in [2.45, 2.75) is 44.9 Å². The zero-order valence-corrected chi connectivity index (χ0v) is 20.9. The first-order valence-corrected chi connectivity index (χ1v) is 11.9. The molecule has 1 atom stereocenters. The van der Waals surface area contributed by atoms with Crippen LogP contribution in [0.15, 0.2) is 60.7 Å². The Morgan fingerprint density at radius 1 is 0.973 bits per heavy atom. The number of benzene rings is 3. The first-order chi connectivity index (χ1) is 17.6. The van der Waals surface area contributed by atoms with Crippen molar-refractivity contribution in [3.8, 4) is 16.9 Å². The third-order valence-corrected chi connectivity index (χ3v) is 6.82. The highest BCUT2D eigenvalue weighted by molar-refractivity contribution is 5.79. The third-order valence-electron chi connectivity index (χ3n) is 6.82. The van der Waals surface area contributed by atoms with E-state index >= 15 is 0 Å². The Labute approximate surface area is 213 Å². The van der Waals surface area contributed by atoms with Crippen molar-refractivity contribution in [2.24, 2.45) is 0 Å². The number of aryl methyl sites for hydroxylation is 1. The fourth-order valence-corrected chi connectivity index (χ4v) is 5.05. The van der Waals surface area contributed by atoms with E-state index in [0.29, 0.717) is 11.1 Å². The largest absolute Gasteiger partial charge is 0.496 e. The van der Waals surface area contributed by atoms with Crippen molar-refractivity contribution in [1.82, 2.24) is 4.90 Å². The molecule has 1 aliphatic rings. The molecule has 1 amide bonds. The maximum absolute atomic E-state index is 13.8. The molecule has 0 saturated carbocycles. The van der Waals surface area contributed by atoms with E-state index in [1.807, 2.05) is 30.3 Å². The Morgan fingerprint density at radius 3 is 2.35 bits per heavy atom. The van der Waals surface area contributed by atoms with Crippen LogP contribution in [0, 0.1) is 0 Å². The van der Waals surface area contributed by atoms with Crippen LogP contribution >= 0.6 is 0 Å². The second kappa shape index (κ2) is 10.7. The Balaban J connectivity index is 1.80. The number of hydrogen-bond donors (Lipinski definition) is 0. The van der Waals surface area contributed by atoms with Gasteiger partial charge in [0, 0.05) is 19.0 Å². The van der Waals surface area contributed by atoms with E-state index in [-0.39, 0.29) is 29.8 Å². The van der Waals surface area contributed by atoms with Gasteiger partial charge in [-0.3, -0.25) is 9.59 Å². The smallest absolute Gasteiger partial charge is 0.416 e. The SMILES string of the molecule is COC(=O)Cc1cc(-c2ccccc2CN(C(C)=O)C2CCc3ccccc32)c(OC)cc1C(F)(F)F. The lowest BCUT2D eigenvalue weighted by Gasteiger charge is -2.30. The minimum absolute atomic E-state index is 0.0222. The lowest BCUT2D eigenvalue weighted by Crippen LogP contribution is -2.31. The van der Waals surface area contributed by atoms with E-state index < -0.39 is 24.1 Å². The molecule has 0 spiro atoms. The molecule has 194 valence electrons. The van der Waals surface area contributed by atoms with Crippen LogP contribution in [-0.4, -0.2) is 31.0 Å². The van der Waals surface area contributed by atoms with E-state index in [1.165, 1.54) is 25.7 Å². The van der Waals surface area contributed by atoms with Gasteiger partial charge in [0.2, 0.25) is 5.91 Å². The van der Waals surface area contributed by atoms with Gasteiger partial charge in [-0.05, 0) is 52.8 Å². The van der Waals surface area contributed by atoms with Crippen molar-refractivity contribution in [3.05, 3.63) is 88.5 Å².